The summed E-state index contributed by atoms with van der Waals surface area (Å²) in [4.78, 5) is 12.3. The fourth-order valence-corrected chi connectivity index (χ4v) is 3.58. The number of hydrogen-bond donors (Lipinski definition) is 2. The summed E-state index contributed by atoms with van der Waals surface area (Å²) in [5.74, 6) is 0.496. The standard InChI is InChI=1S/C16H30N2O2.ClH/c1-2-20-12-9-16(7-3-4-8-16)13-18-15(19)14-5-10-17-11-6-14;/h14,17H,2-13H2,1H3,(H,18,19);1H. The zero-order valence-electron chi connectivity index (χ0n) is 13.3. The van der Waals surface area contributed by atoms with Crippen LogP contribution in [-0.2, 0) is 9.53 Å². The highest BCUT2D eigenvalue weighted by Gasteiger charge is 2.34. The summed E-state index contributed by atoms with van der Waals surface area (Å²) in [6.45, 7) is 6.47. The molecule has 0 bridgehead atoms. The molecule has 5 heteroatoms. The first-order valence-corrected chi connectivity index (χ1v) is 8.32. The van der Waals surface area contributed by atoms with Gasteiger partial charge in [-0.05, 0) is 57.5 Å². The van der Waals surface area contributed by atoms with Crippen molar-refractivity contribution >= 4 is 18.3 Å². The van der Waals surface area contributed by atoms with Gasteiger partial charge < -0.3 is 15.4 Å². The quantitative estimate of drug-likeness (QED) is 0.709. The van der Waals surface area contributed by atoms with Gasteiger partial charge in [0.2, 0.25) is 5.91 Å². The maximum atomic E-state index is 12.3. The molecular weight excluding hydrogens is 288 g/mol. The average Bonchev–Trinajstić information content (AvgIpc) is 2.95. The van der Waals surface area contributed by atoms with Gasteiger partial charge in [0.15, 0.2) is 0 Å². The molecule has 2 N–H and O–H groups in total. The lowest BCUT2D eigenvalue weighted by atomic mass is 9.82. The lowest BCUT2D eigenvalue weighted by molar-refractivity contribution is -0.126. The molecule has 124 valence electrons. The number of amides is 1. The van der Waals surface area contributed by atoms with Crippen LogP contribution in [0.5, 0.6) is 0 Å². The second-order valence-corrected chi connectivity index (χ2v) is 6.40. The predicted molar refractivity (Wildman–Crippen MR) is 87.9 cm³/mol. The van der Waals surface area contributed by atoms with Crippen LogP contribution in [0.25, 0.3) is 0 Å². The molecule has 1 aliphatic carbocycles. The van der Waals surface area contributed by atoms with Gasteiger partial charge in [0, 0.05) is 25.7 Å². The molecule has 0 aromatic heterocycles. The molecule has 2 aliphatic rings. The Morgan fingerprint density at radius 3 is 2.57 bits per heavy atom. The number of carbonyl (C=O) groups is 1. The number of nitrogens with one attached hydrogen (secondary N) is 2. The smallest absolute Gasteiger partial charge is 0.223 e. The van der Waals surface area contributed by atoms with Gasteiger partial charge >= 0.3 is 0 Å². The molecule has 0 aromatic carbocycles. The van der Waals surface area contributed by atoms with Crippen LogP contribution < -0.4 is 10.6 Å². The van der Waals surface area contributed by atoms with E-state index in [2.05, 4.69) is 10.6 Å². The summed E-state index contributed by atoms with van der Waals surface area (Å²) in [5, 5.41) is 6.55. The number of carbonyl (C=O) groups excluding carboxylic acids is 1. The Balaban J connectivity index is 0.00000220. The molecule has 0 atom stereocenters. The summed E-state index contributed by atoms with van der Waals surface area (Å²) in [5.41, 5.74) is 0.303. The highest BCUT2D eigenvalue weighted by Crippen LogP contribution is 2.40. The van der Waals surface area contributed by atoms with E-state index in [1.54, 1.807) is 0 Å². The molecule has 0 spiro atoms. The largest absolute Gasteiger partial charge is 0.382 e. The molecule has 0 radical (unpaired) electrons. The summed E-state index contributed by atoms with van der Waals surface area (Å²) < 4.78 is 5.52. The Kier molecular flexibility index (Phi) is 8.60. The van der Waals surface area contributed by atoms with Crippen molar-refractivity contribution in [3.05, 3.63) is 0 Å². The van der Waals surface area contributed by atoms with Crippen molar-refractivity contribution in [3.63, 3.8) is 0 Å². The number of piperidine rings is 1. The van der Waals surface area contributed by atoms with Crippen molar-refractivity contribution < 1.29 is 9.53 Å². The van der Waals surface area contributed by atoms with E-state index in [-0.39, 0.29) is 24.2 Å². The maximum Gasteiger partial charge on any atom is 0.223 e. The Morgan fingerprint density at radius 2 is 1.95 bits per heavy atom. The van der Waals surface area contributed by atoms with Crippen LogP contribution in [-0.4, -0.2) is 38.8 Å². The van der Waals surface area contributed by atoms with Crippen molar-refractivity contribution in [2.75, 3.05) is 32.8 Å². The van der Waals surface area contributed by atoms with E-state index in [9.17, 15) is 4.79 Å². The molecule has 1 aliphatic heterocycles. The predicted octanol–water partition coefficient (Wildman–Crippen LogP) is 2.51. The molecule has 1 heterocycles. The van der Waals surface area contributed by atoms with E-state index in [1.807, 2.05) is 6.92 Å². The SMILES string of the molecule is CCOCCC1(CNC(=O)C2CCNCC2)CCCC1.Cl. The number of halogens is 1. The Hall–Kier alpha value is -0.320. The van der Waals surface area contributed by atoms with Crippen molar-refractivity contribution in [2.24, 2.45) is 11.3 Å². The van der Waals surface area contributed by atoms with E-state index in [0.29, 0.717) is 5.41 Å². The van der Waals surface area contributed by atoms with Crippen LogP contribution >= 0.6 is 12.4 Å². The second-order valence-electron chi connectivity index (χ2n) is 6.40. The monoisotopic (exact) mass is 318 g/mol. The maximum absolute atomic E-state index is 12.3. The number of rotatable bonds is 7. The first-order chi connectivity index (χ1) is 9.76. The van der Waals surface area contributed by atoms with Gasteiger partial charge in [-0.3, -0.25) is 4.79 Å². The van der Waals surface area contributed by atoms with Gasteiger partial charge in [0.05, 0.1) is 0 Å². The van der Waals surface area contributed by atoms with Crippen molar-refractivity contribution in [1.82, 2.24) is 10.6 Å². The molecule has 1 saturated carbocycles. The Morgan fingerprint density at radius 1 is 1.29 bits per heavy atom. The van der Waals surface area contributed by atoms with Crippen LogP contribution in [0.3, 0.4) is 0 Å². The van der Waals surface area contributed by atoms with Crippen molar-refractivity contribution in [3.8, 4) is 0 Å². The molecule has 1 saturated heterocycles. The highest BCUT2D eigenvalue weighted by molar-refractivity contribution is 5.85. The minimum absolute atomic E-state index is 0. The topological polar surface area (TPSA) is 50.4 Å². The summed E-state index contributed by atoms with van der Waals surface area (Å²) >= 11 is 0. The fraction of sp³-hybridized carbons (Fsp3) is 0.938. The normalized spacial score (nSPS) is 21.8. The molecule has 0 unspecified atom stereocenters. The van der Waals surface area contributed by atoms with Gasteiger partial charge in [0.1, 0.15) is 0 Å². The Bertz CT molecular complexity index is 301. The minimum Gasteiger partial charge on any atom is -0.382 e. The van der Waals surface area contributed by atoms with Crippen LogP contribution in [0.2, 0.25) is 0 Å². The zero-order chi connectivity index (χ0) is 14.3. The first kappa shape index (κ1) is 18.7. The lowest BCUT2D eigenvalue weighted by Crippen LogP contribution is -2.42. The summed E-state index contributed by atoms with van der Waals surface area (Å²) in [6, 6.07) is 0. The average molecular weight is 319 g/mol. The third-order valence-electron chi connectivity index (χ3n) is 4.99. The van der Waals surface area contributed by atoms with E-state index in [0.717, 1.165) is 52.1 Å². The first-order valence-electron chi connectivity index (χ1n) is 8.32. The minimum atomic E-state index is 0. The van der Waals surface area contributed by atoms with Crippen molar-refractivity contribution in [2.45, 2.75) is 51.9 Å². The third kappa shape index (κ3) is 5.76. The summed E-state index contributed by atoms with van der Waals surface area (Å²) in [7, 11) is 0. The van der Waals surface area contributed by atoms with Gasteiger partial charge in [-0.15, -0.1) is 12.4 Å². The van der Waals surface area contributed by atoms with E-state index < -0.39 is 0 Å². The van der Waals surface area contributed by atoms with Gasteiger partial charge in [-0.25, -0.2) is 0 Å². The van der Waals surface area contributed by atoms with Crippen LogP contribution in [0, 0.1) is 11.3 Å². The van der Waals surface area contributed by atoms with E-state index >= 15 is 0 Å². The van der Waals surface area contributed by atoms with Gasteiger partial charge in [-0.2, -0.15) is 0 Å². The second kappa shape index (κ2) is 9.65. The number of hydrogen-bond acceptors (Lipinski definition) is 3. The molecule has 0 aromatic rings. The third-order valence-corrected chi connectivity index (χ3v) is 4.99. The van der Waals surface area contributed by atoms with E-state index in [1.165, 1.54) is 25.7 Å². The Labute approximate surface area is 135 Å². The molecule has 2 rings (SSSR count). The summed E-state index contributed by atoms with van der Waals surface area (Å²) in [6.07, 6.45) is 8.15. The highest BCUT2D eigenvalue weighted by atomic mass is 35.5. The van der Waals surface area contributed by atoms with Gasteiger partial charge in [-0.1, -0.05) is 12.8 Å². The molecule has 21 heavy (non-hydrogen) atoms. The fourth-order valence-electron chi connectivity index (χ4n) is 3.58. The molecule has 4 nitrogen and oxygen atoms in total. The zero-order valence-corrected chi connectivity index (χ0v) is 14.1. The van der Waals surface area contributed by atoms with Crippen molar-refractivity contribution in [1.29, 1.82) is 0 Å². The van der Waals surface area contributed by atoms with Gasteiger partial charge in [0.25, 0.3) is 0 Å². The van der Waals surface area contributed by atoms with Crippen LogP contribution in [0.1, 0.15) is 51.9 Å². The lowest BCUT2D eigenvalue weighted by Gasteiger charge is -2.30. The van der Waals surface area contributed by atoms with E-state index in [4.69, 9.17) is 4.74 Å². The molecule has 1 amide bonds. The molecule has 2 fully saturated rings. The number of ether oxygens (including phenoxy) is 1. The van der Waals surface area contributed by atoms with Crippen LogP contribution in [0.4, 0.5) is 0 Å². The molecular formula is C16H31ClN2O2. The van der Waals surface area contributed by atoms with Crippen LogP contribution in [0.15, 0.2) is 0 Å².